The van der Waals surface area contributed by atoms with Crippen LogP contribution in [0.3, 0.4) is 0 Å². The number of hydrogen-bond acceptors (Lipinski definition) is 5. The molecule has 0 amide bonds. The highest BCUT2D eigenvalue weighted by Crippen LogP contribution is 2.13. The monoisotopic (exact) mass is 263 g/mol. The molecule has 0 radical (unpaired) electrons. The van der Waals surface area contributed by atoms with E-state index < -0.39 is 0 Å². The molecule has 1 aromatic heterocycles. The van der Waals surface area contributed by atoms with Gasteiger partial charge in [0.2, 0.25) is 5.89 Å². The highest BCUT2D eigenvalue weighted by Gasteiger charge is 2.05. The van der Waals surface area contributed by atoms with Gasteiger partial charge >= 0.3 is 0 Å². The second kappa shape index (κ2) is 6.44. The van der Waals surface area contributed by atoms with Crippen LogP contribution in [-0.4, -0.2) is 22.9 Å². The molecule has 0 saturated heterocycles. The zero-order valence-corrected chi connectivity index (χ0v) is 11.5. The molecule has 4 nitrogen and oxygen atoms in total. The van der Waals surface area contributed by atoms with Gasteiger partial charge in [-0.05, 0) is 24.8 Å². The summed E-state index contributed by atoms with van der Waals surface area (Å²) in [7, 11) is 0. The van der Waals surface area contributed by atoms with E-state index in [1.807, 2.05) is 18.4 Å². The molecule has 0 unspecified atom stereocenters. The maximum atomic E-state index is 5.17. The average Bonchev–Trinajstić information content (AvgIpc) is 2.80. The second-order valence-electron chi connectivity index (χ2n) is 4.03. The van der Waals surface area contributed by atoms with E-state index in [4.69, 9.17) is 4.52 Å². The van der Waals surface area contributed by atoms with E-state index in [0.29, 0.717) is 5.89 Å². The van der Waals surface area contributed by atoms with Crippen molar-refractivity contribution in [1.82, 2.24) is 10.1 Å². The maximum absolute atomic E-state index is 5.17. The van der Waals surface area contributed by atoms with Crippen molar-refractivity contribution in [3.8, 4) is 0 Å². The predicted molar refractivity (Wildman–Crippen MR) is 74.9 cm³/mol. The van der Waals surface area contributed by atoms with Gasteiger partial charge in [-0.15, -0.1) is 0 Å². The van der Waals surface area contributed by atoms with Crippen LogP contribution in [0.5, 0.6) is 0 Å². The average molecular weight is 263 g/mol. The Bertz CT molecular complexity index is 498. The standard InChI is InChI=1S/C13H17N3OS/c1-10-5-3-4-6-11(10)14-8-7-13-15-12(9-18-2)16-17-13/h3-6,14H,7-9H2,1-2H3. The number of anilines is 1. The van der Waals surface area contributed by atoms with Gasteiger partial charge in [0, 0.05) is 18.7 Å². The summed E-state index contributed by atoms with van der Waals surface area (Å²) < 4.78 is 5.17. The summed E-state index contributed by atoms with van der Waals surface area (Å²) in [5.74, 6) is 2.27. The molecule has 0 atom stereocenters. The van der Waals surface area contributed by atoms with Crippen LogP contribution in [0.15, 0.2) is 28.8 Å². The van der Waals surface area contributed by atoms with E-state index in [0.717, 1.165) is 30.2 Å². The SMILES string of the molecule is CSCc1noc(CCNc2ccccc2C)n1. The van der Waals surface area contributed by atoms with Crippen molar-refractivity contribution < 1.29 is 4.52 Å². The largest absolute Gasteiger partial charge is 0.384 e. The fourth-order valence-corrected chi connectivity index (χ4v) is 2.03. The molecular weight excluding hydrogens is 246 g/mol. The Morgan fingerprint density at radius 2 is 2.17 bits per heavy atom. The molecule has 0 spiro atoms. The van der Waals surface area contributed by atoms with E-state index in [1.54, 1.807) is 11.8 Å². The molecule has 1 heterocycles. The minimum Gasteiger partial charge on any atom is -0.384 e. The molecule has 5 heteroatoms. The molecule has 0 bridgehead atoms. The van der Waals surface area contributed by atoms with Crippen molar-refractivity contribution in [2.75, 3.05) is 18.1 Å². The first-order valence-corrected chi connectivity index (χ1v) is 7.29. The molecule has 0 aliphatic heterocycles. The molecule has 0 saturated carbocycles. The van der Waals surface area contributed by atoms with E-state index in [2.05, 4.69) is 34.5 Å². The smallest absolute Gasteiger partial charge is 0.228 e. The first kappa shape index (κ1) is 13.0. The summed E-state index contributed by atoms with van der Waals surface area (Å²) in [5.41, 5.74) is 2.40. The lowest BCUT2D eigenvalue weighted by molar-refractivity contribution is 0.376. The number of nitrogens with one attached hydrogen (secondary N) is 1. The quantitative estimate of drug-likeness (QED) is 0.868. The Balaban J connectivity index is 1.83. The number of para-hydroxylation sites is 1. The van der Waals surface area contributed by atoms with Crippen LogP contribution in [0.4, 0.5) is 5.69 Å². The normalized spacial score (nSPS) is 10.6. The first-order valence-electron chi connectivity index (χ1n) is 5.89. The zero-order valence-electron chi connectivity index (χ0n) is 10.6. The topological polar surface area (TPSA) is 51.0 Å². The third-order valence-electron chi connectivity index (χ3n) is 2.58. The lowest BCUT2D eigenvalue weighted by Crippen LogP contribution is -2.06. The van der Waals surface area contributed by atoms with Gasteiger partial charge in [0.15, 0.2) is 5.82 Å². The lowest BCUT2D eigenvalue weighted by atomic mass is 10.2. The number of aryl methyl sites for hydroxylation is 1. The van der Waals surface area contributed by atoms with Crippen molar-refractivity contribution in [2.45, 2.75) is 19.1 Å². The highest BCUT2D eigenvalue weighted by molar-refractivity contribution is 7.97. The first-order chi connectivity index (χ1) is 8.79. The van der Waals surface area contributed by atoms with Crippen molar-refractivity contribution >= 4 is 17.4 Å². The van der Waals surface area contributed by atoms with Gasteiger partial charge in [-0.25, -0.2) is 0 Å². The summed E-state index contributed by atoms with van der Waals surface area (Å²) in [6, 6.07) is 8.22. The summed E-state index contributed by atoms with van der Waals surface area (Å²) in [4.78, 5) is 4.31. The van der Waals surface area contributed by atoms with Gasteiger partial charge in [-0.2, -0.15) is 16.7 Å². The summed E-state index contributed by atoms with van der Waals surface area (Å²) in [5, 5.41) is 7.28. The van der Waals surface area contributed by atoms with Crippen LogP contribution in [0.25, 0.3) is 0 Å². The number of aromatic nitrogens is 2. The highest BCUT2D eigenvalue weighted by atomic mass is 32.2. The predicted octanol–water partition coefficient (Wildman–Crippen LogP) is 2.90. The molecule has 0 aliphatic rings. The lowest BCUT2D eigenvalue weighted by Gasteiger charge is -2.07. The van der Waals surface area contributed by atoms with E-state index in [1.165, 1.54) is 5.56 Å². The van der Waals surface area contributed by atoms with Crippen molar-refractivity contribution in [3.63, 3.8) is 0 Å². The van der Waals surface area contributed by atoms with Crippen LogP contribution < -0.4 is 5.32 Å². The van der Waals surface area contributed by atoms with Gasteiger partial charge in [0.05, 0.1) is 5.75 Å². The Morgan fingerprint density at radius 1 is 1.33 bits per heavy atom. The Labute approximate surface area is 111 Å². The van der Waals surface area contributed by atoms with Gasteiger partial charge < -0.3 is 9.84 Å². The summed E-state index contributed by atoms with van der Waals surface area (Å²) in [6.07, 6.45) is 2.77. The fraction of sp³-hybridized carbons (Fsp3) is 0.385. The van der Waals surface area contributed by atoms with Crippen LogP contribution in [0, 0.1) is 6.92 Å². The Morgan fingerprint density at radius 3 is 2.94 bits per heavy atom. The molecule has 2 rings (SSSR count). The Kier molecular flexibility index (Phi) is 4.64. The molecule has 0 aliphatic carbocycles. The molecule has 1 aromatic carbocycles. The number of nitrogens with zero attached hydrogens (tertiary/aromatic N) is 2. The van der Waals surface area contributed by atoms with E-state index in [-0.39, 0.29) is 0 Å². The van der Waals surface area contributed by atoms with E-state index >= 15 is 0 Å². The van der Waals surface area contributed by atoms with E-state index in [9.17, 15) is 0 Å². The third kappa shape index (κ3) is 3.50. The molecule has 1 N–H and O–H groups in total. The van der Waals surface area contributed by atoms with Gasteiger partial charge in [-0.3, -0.25) is 0 Å². The zero-order chi connectivity index (χ0) is 12.8. The summed E-state index contributed by atoms with van der Waals surface area (Å²) in [6.45, 7) is 2.89. The molecule has 96 valence electrons. The van der Waals surface area contributed by atoms with Gasteiger partial charge in [0.25, 0.3) is 0 Å². The van der Waals surface area contributed by atoms with Crippen LogP contribution in [0.2, 0.25) is 0 Å². The Hall–Kier alpha value is -1.49. The van der Waals surface area contributed by atoms with Crippen molar-refractivity contribution in [1.29, 1.82) is 0 Å². The second-order valence-corrected chi connectivity index (χ2v) is 4.90. The van der Waals surface area contributed by atoms with Crippen LogP contribution in [0.1, 0.15) is 17.3 Å². The number of rotatable bonds is 6. The third-order valence-corrected chi connectivity index (χ3v) is 3.13. The fourth-order valence-electron chi connectivity index (χ4n) is 1.65. The van der Waals surface area contributed by atoms with Gasteiger partial charge in [0.1, 0.15) is 0 Å². The molecule has 2 aromatic rings. The summed E-state index contributed by atoms with van der Waals surface area (Å²) >= 11 is 1.69. The number of benzene rings is 1. The van der Waals surface area contributed by atoms with Crippen LogP contribution >= 0.6 is 11.8 Å². The van der Waals surface area contributed by atoms with Gasteiger partial charge in [-0.1, -0.05) is 23.4 Å². The molecule has 18 heavy (non-hydrogen) atoms. The van der Waals surface area contributed by atoms with Crippen molar-refractivity contribution in [2.24, 2.45) is 0 Å². The van der Waals surface area contributed by atoms with Crippen molar-refractivity contribution in [3.05, 3.63) is 41.5 Å². The molecule has 0 fully saturated rings. The minimum absolute atomic E-state index is 0.695. The number of thioether (sulfide) groups is 1. The maximum Gasteiger partial charge on any atom is 0.228 e. The number of hydrogen-bond donors (Lipinski definition) is 1. The minimum atomic E-state index is 0.695. The molecular formula is C13H17N3OS. The van der Waals surface area contributed by atoms with Crippen LogP contribution in [-0.2, 0) is 12.2 Å².